The smallest absolute Gasteiger partial charge is 0.161 e. The summed E-state index contributed by atoms with van der Waals surface area (Å²) in [5.41, 5.74) is 7.56. The summed E-state index contributed by atoms with van der Waals surface area (Å²) < 4.78 is 12.0. The molecule has 0 saturated carbocycles. The van der Waals surface area contributed by atoms with Crippen molar-refractivity contribution in [2.45, 2.75) is 38.6 Å². The molecule has 2 heterocycles. The van der Waals surface area contributed by atoms with Crippen molar-refractivity contribution in [3.63, 3.8) is 0 Å². The van der Waals surface area contributed by atoms with Crippen LogP contribution in [-0.4, -0.2) is 20.0 Å². The van der Waals surface area contributed by atoms with Crippen molar-refractivity contribution in [1.82, 2.24) is 0 Å². The lowest BCUT2D eigenvalue weighted by atomic mass is 9.78. The summed E-state index contributed by atoms with van der Waals surface area (Å²) in [4.78, 5) is 4.60. The molecule has 0 radical (unpaired) electrons. The molecule has 0 bridgehead atoms. The van der Waals surface area contributed by atoms with E-state index in [0.717, 1.165) is 37.4 Å². The van der Waals surface area contributed by atoms with E-state index in [1.165, 1.54) is 33.6 Å². The summed E-state index contributed by atoms with van der Waals surface area (Å²) in [5, 5.41) is 0. The Morgan fingerprint density at radius 2 is 1.34 bits per heavy atom. The Balaban J connectivity index is 1.16. The third kappa shape index (κ3) is 4.18. The molecule has 4 nitrogen and oxygen atoms in total. The van der Waals surface area contributed by atoms with Crippen LogP contribution in [0.4, 0.5) is 11.4 Å². The molecule has 6 rings (SSSR count). The lowest BCUT2D eigenvalue weighted by molar-refractivity contribution is 0.203. The number of anilines is 2. The van der Waals surface area contributed by atoms with Crippen LogP contribution < -0.4 is 14.5 Å². The summed E-state index contributed by atoms with van der Waals surface area (Å²) in [5.74, 6) is 2.07. The van der Waals surface area contributed by atoms with Gasteiger partial charge in [0.2, 0.25) is 0 Å². The third-order valence-electron chi connectivity index (χ3n) is 7.61. The van der Waals surface area contributed by atoms with Crippen molar-refractivity contribution in [3.05, 3.63) is 113 Å². The topological polar surface area (TPSA) is 24.9 Å². The normalized spacial score (nSPS) is 17.4. The molecule has 35 heavy (non-hydrogen) atoms. The molecule has 178 valence electrons. The molecule has 3 aromatic rings. The molecular formula is C31H32N2O2. The quantitative estimate of drug-likeness (QED) is 0.426. The van der Waals surface area contributed by atoms with Gasteiger partial charge in [-0.1, -0.05) is 62.4 Å². The highest BCUT2D eigenvalue weighted by atomic mass is 16.5. The summed E-state index contributed by atoms with van der Waals surface area (Å²) in [6, 6.07) is 26.2. The lowest BCUT2D eigenvalue weighted by Gasteiger charge is -2.34. The molecule has 0 fully saturated rings. The van der Waals surface area contributed by atoms with Crippen LogP contribution in [0.3, 0.4) is 0 Å². The van der Waals surface area contributed by atoms with Gasteiger partial charge in [-0.3, -0.25) is 0 Å². The second kappa shape index (κ2) is 8.84. The molecule has 0 spiro atoms. The third-order valence-corrected chi connectivity index (χ3v) is 7.61. The van der Waals surface area contributed by atoms with E-state index in [1.807, 2.05) is 12.1 Å². The maximum absolute atomic E-state index is 6.00. The average molecular weight is 465 g/mol. The first-order chi connectivity index (χ1) is 17.1. The first kappa shape index (κ1) is 21.8. The maximum atomic E-state index is 6.00. The fourth-order valence-electron chi connectivity index (χ4n) is 5.27. The van der Waals surface area contributed by atoms with Crippen molar-refractivity contribution >= 4 is 11.4 Å². The van der Waals surface area contributed by atoms with Crippen LogP contribution in [0.2, 0.25) is 0 Å². The predicted octanol–water partition coefficient (Wildman–Crippen LogP) is 6.77. The number of nitrogens with zero attached hydrogens (tertiary/aromatic N) is 2. The van der Waals surface area contributed by atoms with E-state index in [9.17, 15) is 0 Å². The van der Waals surface area contributed by atoms with Gasteiger partial charge in [0, 0.05) is 35.4 Å². The highest BCUT2D eigenvalue weighted by Crippen LogP contribution is 2.35. The van der Waals surface area contributed by atoms with Gasteiger partial charge in [-0.2, -0.15) is 0 Å². The van der Waals surface area contributed by atoms with Gasteiger partial charge in [0.1, 0.15) is 11.5 Å². The van der Waals surface area contributed by atoms with E-state index >= 15 is 0 Å². The van der Waals surface area contributed by atoms with Gasteiger partial charge in [0.25, 0.3) is 0 Å². The molecule has 3 aliphatic rings. The highest BCUT2D eigenvalue weighted by Gasteiger charge is 2.25. The summed E-state index contributed by atoms with van der Waals surface area (Å²) >= 11 is 0. The molecule has 0 N–H and O–H groups in total. The number of hydrogen-bond donors (Lipinski definition) is 0. The van der Waals surface area contributed by atoms with Crippen LogP contribution in [-0.2, 0) is 16.7 Å². The number of ether oxygens (including phenoxy) is 2. The highest BCUT2D eigenvalue weighted by molar-refractivity contribution is 5.55. The van der Waals surface area contributed by atoms with Crippen molar-refractivity contribution < 1.29 is 9.47 Å². The summed E-state index contributed by atoms with van der Waals surface area (Å²) in [6.07, 6.45) is 6.54. The summed E-state index contributed by atoms with van der Waals surface area (Å²) in [7, 11) is 0. The molecule has 0 unspecified atom stereocenters. The summed E-state index contributed by atoms with van der Waals surface area (Å²) in [6.45, 7) is 7.61. The van der Waals surface area contributed by atoms with E-state index < -0.39 is 0 Å². The number of fused-ring (bicyclic) bond motifs is 1. The Morgan fingerprint density at radius 1 is 0.714 bits per heavy atom. The number of rotatable bonds is 4. The molecule has 3 aromatic carbocycles. The first-order valence-corrected chi connectivity index (χ1v) is 12.5. The molecule has 0 aromatic heterocycles. The van der Waals surface area contributed by atoms with E-state index in [4.69, 9.17) is 9.47 Å². The van der Waals surface area contributed by atoms with E-state index in [2.05, 4.69) is 96.5 Å². The zero-order valence-corrected chi connectivity index (χ0v) is 20.5. The fourth-order valence-corrected chi connectivity index (χ4v) is 5.27. The van der Waals surface area contributed by atoms with Gasteiger partial charge in [-0.15, -0.1) is 0 Å². The molecule has 0 amide bonds. The largest absolute Gasteiger partial charge is 0.473 e. The minimum absolute atomic E-state index is 0.0929. The van der Waals surface area contributed by atoms with Gasteiger partial charge < -0.3 is 19.3 Å². The first-order valence-electron chi connectivity index (χ1n) is 12.5. The number of hydrogen-bond acceptors (Lipinski definition) is 4. The van der Waals surface area contributed by atoms with Gasteiger partial charge in [-0.05, 0) is 65.9 Å². The minimum Gasteiger partial charge on any atom is -0.473 e. The van der Waals surface area contributed by atoms with Crippen LogP contribution in [0, 0.1) is 0 Å². The van der Waals surface area contributed by atoms with Crippen LogP contribution in [0.1, 0.15) is 43.4 Å². The number of benzene rings is 3. The van der Waals surface area contributed by atoms with Gasteiger partial charge >= 0.3 is 0 Å². The Morgan fingerprint density at radius 3 is 2.06 bits per heavy atom. The number of allylic oxidation sites excluding steroid dienone is 2. The maximum Gasteiger partial charge on any atom is 0.161 e. The van der Waals surface area contributed by atoms with Gasteiger partial charge in [0.05, 0.1) is 0 Å². The molecular weight excluding hydrogens is 432 g/mol. The standard InChI is InChI=1S/C31H32N2O2/c1-31(2,25-11-15-27(16-12-25)32-19-23-7-3-5-9-29(23)34-21-32)26-13-17-28(18-14-26)33-20-24-8-4-6-10-30(24)35-22-33/h3,5-7,9-18H,4,8,19-22H2,1-2H3. The lowest BCUT2D eigenvalue weighted by Crippen LogP contribution is -2.33. The molecule has 0 saturated heterocycles. The minimum atomic E-state index is -0.0929. The van der Waals surface area contributed by atoms with Crippen LogP contribution in [0.5, 0.6) is 5.75 Å². The molecule has 1 aliphatic carbocycles. The SMILES string of the molecule is CC(C)(c1ccc(N2COC3=C(CCC=C3)C2)cc1)c1ccc(N2COc3ccccc3C2)cc1. The van der Waals surface area contributed by atoms with Crippen LogP contribution in [0.25, 0.3) is 0 Å². The number of para-hydroxylation sites is 1. The second-order valence-corrected chi connectivity index (χ2v) is 10.2. The van der Waals surface area contributed by atoms with Crippen LogP contribution >= 0.6 is 0 Å². The van der Waals surface area contributed by atoms with Crippen molar-refractivity contribution in [2.24, 2.45) is 0 Å². The average Bonchev–Trinajstić information content (AvgIpc) is 2.92. The van der Waals surface area contributed by atoms with E-state index in [0.29, 0.717) is 13.5 Å². The Kier molecular flexibility index (Phi) is 5.52. The molecule has 0 atom stereocenters. The Labute approximate surface area is 208 Å². The van der Waals surface area contributed by atoms with Crippen molar-refractivity contribution in [1.29, 1.82) is 0 Å². The zero-order chi connectivity index (χ0) is 23.8. The van der Waals surface area contributed by atoms with Gasteiger partial charge in [-0.25, -0.2) is 0 Å². The monoisotopic (exact) mass is 464 g/mol. The molecule has 4 heteroatoms. The van der Waals surface area contributed by atoms with Crippen molar-refractivity contribution in [3.8, 4) is 5.75 Å². The van der Waals surface area contributed by atoms with Gasteiger partial charge in [0.15, 0.2) is 13.5 Å². The van der Waals surface area contributed by atoms with Crippen molar-refractivity contribution in [2.75, 3.05) is 29.8 Å². The fraction of sp³-hybridized carbons (Fsp3) is 0.290. The second-order valence-electron chi connectivity index (χ2n) is 10.2. The Hall–Kier alpha value is -3.66. The zero-order valence-electron chi connectivity index (χ0n) is 20.5. The predicted molar refractivity (Wildman–Crippen MR) is 142 cm³/mol. The van der Waals surface area contributed by atoms with E-state index in [-0.39, 0.29) is 5.41 Å². The Bertz CT molecular complexity index is 1270. The van der Waals surface area contributed by atoms with E-state index in [1.54, 1.807) is 0 Å². The molecule has 2 aliphatic heterocycles. The van der Waals surface area contributed by atoms with Crippen LogP contribution in [0.15, 0.2) is 96.3 Å².